The minimum atomic E-state index is 0.322. The summed E-state index contributed by atoms with van der Waals surface area (Å²) in [6.45, 7) is 5.63. The predicted molar refractivity (Wildman–Crippen MR) is 73.4 cm³/mol. The zero-order chi connectivity index (χ0) is 13.5. The van der Waals surface area contributed by atoms with Crippen molar-refractivity contribution in [2.45, 2.75) is 25.9 Å². The third-order valence-electron chi connectivity index (χ3n) is 3.13. The summed E-state index contributed by atoms with van der Waals surface area (Å²) in [5.74, 6) is 1.46. The summed E-state index contributed by atoms with van der Waals surface area (Å²) in [6, 6.07) is 0. The Morgan fingerprint density at radius 3 is 2.84 bits per heavy atom. The molecule has 0 radical (unpaired) electrons. The molecule has 0 aliphatic carbocycles. The highest BCUT2D eigenvalue weighted by atomic mass is 16.5. The van der Waals surface area contributed by atoms with E-state index in [1.54, 1.807) is 12.4 Å². The Kier molecular flexibility index (Phi) is 5.35. The standard InChI is InChI=1S/C13H22N4O2/c1-2-18-13-10-15-9-12(16-13)17-6-3-11(4-7-17)19-8-5-14/h9-11H,2-8,14H2,1H3. The lowest BCUT2D eigenvalue weighted by Gasteiger charge is -2.32. The van der Waals surface area contributed by atoms with Crippen molar-refractivity contribution in [2.24, 2.45) is 5.73 Å². The first-order valence-electron chi connectivity index (χ1n) is 6.85. The average Bonchev–Trinajstić information content (AvgIpc) is 2.46. The highest BCUT2D eigenvalue weighted by Gasteiger charge is 2.20. The average molecular weight is 266 g/mol. The molecule has 0 atom stereocenters. The second-order valence-electron chi connectivity index (χ2n) is 4.49. The molecule has 1 saturated heterocycles. The first-order valence-corrected chi connectivity index (χ1v) is 6.85. The van der Waals surface area contributed by atoms with Crippen LogP contribution in [0.1, 0.15) is 19.8 Å². The van der Waals surface area contributed by atoms with E-state index in [0.717, 1.165) is 31.7 Å². The van der Waals surface area contributed by atoms with E-state index in [4.69, 9.17) is 15.2 Å². The van der Waals surface area contributed by atoms with Crippen molar-refractivity contribution < 1.29 is 9.47 Å². The van der Waals surface area contributed by atoms with Crippen molar-refractivity contribution in [1.82, 2.24) is 9.97 Å². The van der Waals surface area contributed by atoms with Gasteiger partial charge in [-0.1, -0.05) is 0 Å². The van der Waals surface area contributed by atoms with Gasteiger partial charge in [-0.25, -0.2) is 0 Å². The van der Waals surface area contributed by atoms with Gasteiger partial charge >= 0.3 is 0 Å². The zero-order valence-corrected chi connectivity index (χ0v) is 11.4. The maximum atomic E-state index is 5.67. The summed E-state index contributed by atoms with van der Waals surface area (Å²) >= 11 is 0. The molecule has 1 aliphatic rings. The Bertz CT molecular complexity index is 381. The van der Waals surface area contributed by atoms with Crippen molar-refractivity contribution in [2.75, 3.05) is 37.7 Å². The van der Waals surface area contributed by atoms with E-state index in [1.165, 1.54) is 0 Å². The summed E-state index contributed by atoms with van der Waals surface area (Å²) in [5.41, 5.74) is 5.44. The van der Waals surface area contributed by atoms with Gasteiger partial charge in [0.1, 0.15) is 0 Å². The van der Waals surface area contributed by atoms with Crippen molar-refractivity contribution >= 4 is 5.82 Å². The molecule has 0 saturated carbocycles. The van der Waals surface area contributed by atoms with Crippen LogP contribution in [0.4, 0.5) is 5.82 Å². The van der Waals surface area contributed by atoms with E-state index >= 15 is 0 Å². The Balaban J connectivity index is 1.88. The lowest BCUT2D eigenvalue weighted by molar-refractivity contribution is 0.0421. The van der Waals surface area contributed by atoms with Crippen LogP contribution in [0.25, 0.3) is 0 Å². The summed E-state index contributed by atoms with van der Waals surface area (Å²) < 4.78 is 11.0. The highest BCUT2D eigenvalue weighted by Crippen LogP contribution is 2.20. The molecule has 0 aromatic carbocycles. The molecular formula is C13H22N4O2. The van der Waals surface area contributed by atoms with Crippen LogP contribution in [0.3, 0.4) is 0 Å². The zero-order valence-electron chi connectivity index (χ0n) is 11.4. The molecule has 1 aromatic rings. The summed E-state index contributed by atoms with van der Waals surface area (Å²) in [5, 5.41) is 0. The second kappa shape index (κ2) is 7.25. The maximum Gasteiger partial charge on any atom is 0.234 e. The van der Waals surface area contributed by atoms with Gasteiger partial charge in [0, 0.05) is 19.6 Å². The highest BCUT2D eigenvalue weighted by molar-refractivity contribution is 5.38. The molecule has 6 heteroatoms. The van der Waals surface area contributed by atoms with Gasteiger partial charge in [-0.05, 0) is 19.8 Å². The fourth-order valence-electron chi connectivity index (χ4n) is 2.19. The largest absolute Gasteiger partial charge is 0.477 e. The number of hydrogen-bond donors (Lipinski definition) is 1. The SMILES string of the molecule is CCOc1cncc(N2CCC(OCCN)CC2)n1. The van der Waals surface area contributed by atoms with Gasteiger partial charge in [-0.3, -0.25) is 4.98 Å². The van der Waals surface area contributed by atoms with Crippen LogP contribution in [-0.2, 0) is 4.74 Å². The number of rotatable bonds is 6. The number of anilines is 1. The van der Waals surface area contributed by atoms with Crippen LogP contribution in [0, 0.1) is 0 Å². The topological polar surface area (TPSA) is 73.5 Å². The molecule has 106 valence electrons. The molecule has 2 N–H and O–H groups in total. The normalized spacial score (nSPS) is 16.6. The van der Waals surface area contributed by atoms with Crippen molar-refractivity contribution in [1.29, 1.82) is 0 Å². The van der Waals surface area contributed by atoms with Crippen LogP contribution in [0.15, 0.2) is 12.4 Å². The lowest BCUT2D eigenvalue weighted by Crippen LogP contribution is -2.38. The molecule has 0 amide bonds. The van der Waals surface area contributed by atoms with Gasteiger partial charge in [0.25, 0.3) is 0 Å². The minimum absolute atomic E-state index is 0.322. The molecule has 0 unspecified atom stereocenters. The first kappa shape index (κ1) is 14.0. The van der Waals surface area contributed by atoms with Crippen LogP contribution >= 0.6 is 0 Å². The molecule has 19 heavy (non-hydrogen) atoms. The maximum absolute atomic E-state index is 5.67. The van der Waals surface area contributed by atoms with Gasteiger partial charge < -0.3 is 20.1 Å². The number of piperidine rings is 1. The first-order chi connectivity index (χ1) is 9.33. The van der Waals surface area contributed by atoms with E-state index in [2.05, 4.69) is 14.9 Å². The van der Waals surface area contributed by atoms with Crippen LogP contribution in [0.5, 0.6) is 5.88 Å². The smallest absolute Gasteiger partial charge is 0.234 e. The molecule has 1 aromatic heterocycles. The Morgan fingerprint density at radius 2 is 2.16 bits per heavy atom. The Morgan fingerprint density at radius 1 is 1.37 bits per heavy atom. The fourth-order valence-corrected chi connectivity index (χ4v) is 2.19. The van der Waals surface area contributed by atoms with Crippen LogP contribution in [-0.4, -0.2) is 48.9 Å². The van der Waals surface area contributed by atoms with Gasteiger partial charge in [-0.15, -0.1) is 0 Å². The quantitative estimate of drug-likeness (QED) is 0.821. The van der Waals surface area contributed by atoms with E-state index in [-0.39, 0.29) is 0 Å². The Hall–Kier alpha value is -1.40. The van der Waals surface area contributed by atoms with Gasteiger partial charge in [0.2, 0.25) is 5.88 Å². The number of nitrogens with zero attached hydrogens (tertiary/aromatic N) is 3. The van der Waals surface area contributed by atoms with Crippen LogP contribution < -0.4 is 15.4 Å². The Labute approximate surface area is 113 Å². The lowest BCUT2D eigenvalue weighted by atomic mass is 10.1. The minimum Gasteiger partial charge on any atom is -0.477 e. The van der Waals surface area contributed by atoms with E-state index < -0.39 is 0 Å². The van der Waals surface area contributed by atoms with Gasteiger partial charge in [0.05, 0.1) is 31.7 Å². The van der Waals surface area contributed by atoms with Gasteiger partial charge in [-0.2, -0.15) is 4.98 Å². The van der Waals surface area contributed by atoms with Crippen molar-refractivity contribution in [3.63, 3.8) is 0 Å². The molecule has 2 rings (SSSR count). The molecule has 1 aliphatic heterocycles. The predicted octanol–water partition coefficient (Wildman–Crippen LogP) is 0.819. The number of nitrogens with two attached hydrogens (primary N) is 1. The number of ether oxygens (including phenoxy) is 2. The molecule has 0 spiro atoms. The molecule has 6 nitrogen and oxygen atoms in total. The summed E-state index contributed by atoms with van der Waals surface area (Å²) in [7, 11) is 0. The van der Waals surface area contributed by atoms with E-state index in [1.807, 2.05) is 6.92 Å². The molecule has 2 heterocycles. The third kappa shape index (κ3) is 4.04. The summed E-state index contributed by atoms with van der Waals surface area (Å²) in [4.78, 5) is 10.8. The monoisotopic (exact) mass is 266 g/mol. The van der Waals surface area contributed by atoms with Crippen LogP contribution in [0.2, 0.25) is 0 Å². The van der Waals surface area contributed by atoms with Gasteiger partial charge in [0.15, 0.2) is 5.82 Å². The molecule has 1 fully saturated rings. The van der Waals surface area contributed by atoms with Crippen molar-refractivity contribution in [3.8, 4) is 5.88 Å². The molecular weight excluding hydrogens is 244 g/mol. The second-order valence-corrected chi connectivity index (χ2v) is 4.49. The number of aromatic nitrogens is 2. The summed E-state index contributed by atoms with van der Waals surface area (Å²) in [6.07, 6.45) is 5.75. The molecule has 0 bridgehead atoms. The van der Waals surface area contributed by atoms with E-state index in [9.17, 15) is 0 Å². The third-order valence-corrected chi connectivity index (χ3v) is 3.13. The number of hydrogen-bond acceptors (Lipinski definition) is 6. The fraction of sp³-hybridized carbons (Fsp3) is 0.692. The van der Waals surface area contributed by atoms with Crippen molar-refractivity contribution in [3.05, 3.63) is 12.4 Å². The van der Waals surface area contributed by atoms with E-state index in [0.29, 0.717) is 31.7 Å².